The molecule has 1 aromatic carbocycles. The summed E-state index contributed by atoms with van der Waals surface area (Å²) in [5.41, 5.74) is 5.75. The fourth-order valence-corrected chi connectivity index (χ4v) is 3.36. The molecular formula is C21H24N6O3. The van der Waals surface area contributed by atoms with Crippen LogP contribution in [0.5, 0.6) is 0 Å². The molecule has 2 aromatic heterocycles. The Labute approximate surface area is 172 Å². The number of benzene rings is 1. The SMILES string of the molecule is CCCCCn1nc(C(=O)NNC(=O)c2cc(C3CC3)[nH]n2)c2ccccc2c1=O. The molecule has 4 rings (SSSR count). The van der Waals surface area contributed by atoms with Crippen LogP contribution in [0.3, 0.4) is 0 Å². The summed E-state index contributed by atoms with van der Waals surface area (Å²) in [6, 6.07) is 8.53. The van der Waals surface area contributed by atoms with Gasteiger partial charge in [0.15, 0.2) is 11.4 Å². The number of rotatable bonds is 7. The predicted molar refractivity (Wildman–Crippen MR) is 111 cm³/mol. The molecule has 9 nitrogen and oxygen atoms in total. The van der Waals surface area contributed by atoms with E-state index >= 15 is 0 Å². The normalized spacial score (nSPS) is 13.4. The van der Waals surface area contributed by atoms with Crippen molar-refractivity contribution in [3.05, 3.63) is 57.8 Å². The summed E-state index contributed by atoms with van der Waals surface area (Å²) in [5.74, 6) is -0.674. The number of nitrogens with zero attached hydrogens (tertiary/aromatic N) is 3. The highest BCUT2D eigenvalue weighted by Crippen LogP contribution is 2.38. The Morgan fingerprint density at radius 1 is 1.13 bits per heavy atom. The molecule has 30 heavy (non-hydrogen) atoms. The Balaban J connectivity index is 1.53. The number of carbonyl (C=O) groups excluding carboxylic acids is 2. The van der Waals surface area contributed by atoms with Crippen molar-refractivity contribution in [1.29, 1.82) is 0 Å². The van der Waals surface area contributed by atoms with Crippen molar-refractivity contribution in [3.8, 4) is 0 Å². The molecule has 3 N–H and O–H groups in total. The van der Waals surface area contributed by atoms with Crippen LogP contribution in [-0.4, -0.2) is 31.8 Å². The van der Waals surface area contributed by atoms with Crippen LogP contribution in [0.2, 0.25) is 0 Å². The maximum absolute atomic E-state index is 12.8. The molecule has 2 heterocycles. The van der Waals surface area contributed by atoms with Gasteiger partial charge >= 0.3 is 0 Å². The number of amides is 2. The van der Waals surface area contributed by atoms with Crippen LogP contribution < -0.4 is 16.4 Å². The number of H-pyrrole nitrogens is 1. The van der Waals surface area contributed by atoms with Gasteiger partial charge in [0.05, 0.1) is 5.39 Å². The Morgan fingerprint density at radius 3 is 2.60 bits per heavy atom. The molecule has 0 spiro atoms. The second-order valence-corrected chi connectivity index (χ2v) is 7.52. The second-order valence-electron chi connectivity index (χ2n) is 7.52. The summed E-state index contributed by atoms with van der Waals surface area (Å²) in [5, 5.41) is 12.0. The quantitative estimate of drug-likeness (QED) is 0.409. The topological polar surface area (TPSA) is 122 Å². The maximum Gasteiger partial charge on any atom is 0.290 e. The molecule has 3 aromatic rings. The number of hydrazine groups is 1. The zero-order valence-electron chi connectivity index (χ0n) is 16.8. The van der Waals surface area contributed by atoms with Crippen LogP contribution in [0, 0.1) is 0 Å². The molecule has 9 heteroatoms. The molecular weight excluding hydrogens is 384 g/mol. The summed E-state index contributed by atoms with van der Waals surface area (Å²) in [4.78, 5) is 37.8. The highest BCUT2D eigenvalue weighted by atomic mass is 16.2. The van der Waals surface area contributed by atoms with E-state index in [1.54, 1.807) is 30.3 Å². The van der Waals surface area contributed by atoms with Gasteiger partial charge in [0, 0.05) is 23.5 Å². The molecule has 1 saturated carbocycles. The summed E-state index contributed by atoms with van der Waals surface area (Å²) in [6.07, 6.45) is 4.95. The minimum atomic E-state index is -0.596. The van der Waals surface area contributed by atoms with Crippen LogP contribution in [0.4, 0.5) is 0 Å². The van der Waals surface area contributed by atoms with Crippen molar-refractivity contribution in [2.75, 3.05) is 0 Å². The van der Waals surface area contributed by atoms with Crippen molar-refractivity contribution < 1.29 is 9.59 Å². The van der Waals surface area contributed by atoms with Crippen molar-refractivity contribution >= 4 is 22.6 Å². The van der Waals surface area contributed by atoms with E-state index in [1.807, 2.05) is 0 Å². The Hall–Kier alpha value is -3.49. The lowest BCUT2D eigenvalue weighted by atomic mass is 10.1. The number of nitrogens with one attached hydrogen (secondary N) is 3. The average molecular weight is 408 g/mol. The number of aromatic amines is 1. The third kappa shape index (κ3) is 4.10. The average Bonchev–Trinajstić information content (AvgIpc) is 3.50. The van der Waals surface area contributed by atoms with Gasteiger partial charge in [0.2, 0.25) is 0 Å². The molecule has 0 radical (unpaired) electrons. The van der Waals surface area contributed by atoms with E-state index in [9.17, 15) is 14.4 Å². The third-order valence-corrected chi connectivity index (χ3v) is 5.19. The number of fused-ring (bicyclic) bond motifs is 1. The second kappa shape index (κ2) is 8.48. The number of hydrogen-bond acceptors (Lipinski definition) is 5. The van der Waals surface area contributed by atoms with Crippen molar-refractivity contribution in [2.45, 2.75) is 51.5 Å². The summed E-state index contributed by atoms with van der Waals surface area (Å²) < 4.78 is 1.32. The highest BCUT2D eigenvalue weighted by Gasteiger charge is 2.26. The van der Waals surface area contributed by atoms with Crippen molar-refractivity contribution in [2.24, 2.45) is 0 Å². The van der Waals surface area contributed by atoms with Gasteiger partial charge in [-0.05, 0) is 31.4 Å². The Bertz CT molecular complexity index is 1150. The monoisotopic (exact) mass is 408 g/mol. The zero-order chi connectivity index (χ0) is 21.1. The molecule has 1 aliphatic rings. The van der Waals surface area contributed by atoms with Crippen LogP contribution in [0.25, 0.3) is 10.8 Å². The van der Waals surface area contributed by atoms with Gasteiger partial charge in [0.1, 0.15) is 0 Å². The molecule has 1 aliphatic carbocycles. The van der Waals surface area contributed by atoms with Gasteiger partial charge in [-0.25, -0.2) is 4.68 Å². The Morgan fingerprint density at radius 2 is 1.87 bits per heavy atom. The summed E-state index contributed by atoms with van der Waals surface area (Å²) in [6.45, 7) is 2.51. The lowest BCUT2D eigenvalue weighted by Crippen LogP contribution is -2.43. The number of unbranched alkanes of at least 4 members (excludes halogenated alkanes) is 2. The molecule has 0 saturated heterocycles. The van der Waals surface area contributed by atoms with Gasteiger partial charge in [0.25, 0.3) is 17.4 Å². The lowest BCUT2D eigenvalue weighted by Gasteiger charge is -2.11. The molecule has 0 aliphatic heterocycles. The van der Waals surface area contributed by atoms with E-state index < -0.39 is 11.8 Å². The largest absolute Gasteiger partial charge is 0.290 e. The van der Waals surface area contributed by atoms with E-state index in [-0.39, 0.29) is 16.9 Å². The number of aromatic nitrogens is 4. The highest BCUT2D eigenvalue weighted by molar-refractivity contribution is 6.05. The molecule has 2 amide bonds. The van der Waals surface area contributed by atoms with Crippen molar-refractivity contribution in [3.63, 3.8) is 0 Å². The van der Waals surface area contributed by atoms with Gasteiger partial charge < -0.3 is 0 Å². The van der Waals surface area contributed by atoms with Crippen molar-refractivity contribution in [1.82, 2.24) is 30.8 Å². The van der Waals surface area contributed by atoms with E-state index in [0.717, 1.165) is 37.8 Å². The predicted octanol–water partition coefficient (Wildman–Crippen LogP) is 2.26. The first-order valence-electron chi connectivity index (χ1n) is 10.2. The fraction of sp³-hybridized carbons (Fsp3) is 0.381. The van der Waals surface area contributed by atoms with E-state index in [1.165, 1.54) is 4.68 Å². The third-order valence-electron chi connectivity index (χ3n) is 5.19. The molecule has 156 valence electrons. The van der Waals surface area contributed by atoms with Gasteiger partial charge in [-0.2, -0.15) is 10.2 Å². The summed E-state index contributed by atoms with van der Waals surface area (Å²) in [7, 11) is 0. The molecule has 1 fully saturated rings. The molecule has 0 bridgehead atoms. The first kappa shape index (κ1) is 19.8. The van der Waals surface area contributed by atoms with Crippen LogP contribution >= 0.6 is 0 Å². The first-order valence-corrected chi connectivity index (χ1v) is 10.2. The summed E-state index contributed by atoms with van der Waals surface area (Å²) >= 11 is 0. The fourth-order valence-electron chi connectivity index (χ4n) is 3.36. The number of carbonyl (C=O) groups is 2. The maximum atomic E-state index is 12.8. The number of aryl methyl sites for hydroxylation is 1. The molecule has 0 atom stereocenters. The zero-order valence-corrected chi connectivity index (χ0v) is 16.8. The smallest absolute Gasteiger partial charge is 0.281 e. The lowest BCUT2D eigenvalue weighted by molar-refractivity contribution is 0.0841. The van der Waals surface area contributed by atoms with Gasteiger partial charge in [-0.1, -0.05) is 38.0 Å². The Kier molecular flexibility index (Phi) is 5.60. The number of hydrogen-bond donors (Lipinski definition) is 3. The van der Waals surface area contributed by atoms with Gasteiger partial charge in [-0.3, -0.25) is 30.3 Å². The van der Waals surface area contributed by atoms with E-state index in [4.69, 9.17) is 0 Å². The van der Waals surface area contributed by atoms with Crippen LogP contribution in [0.1, 0.15) is 71.6 Å². The standard InChI is InChI=1S/C21H24N6O3/c1-2-3-6-11-27-21(30)15-8-5-4-7-14(15)18(26-27)20(29)25-24-19(28)17-12-16(22-23-17)13-9-10-13/h4-5,7-8,12-13H,2-3,6,9-11H2,1H3,(H,22,23)(H,24,28)(H,25,29). The minimum absolute atomic E-state index is 0.0858. The molecule has 0 unspecified atom stereocenters. The van der Waals surface area contributed by atoms with Gasteiger partial charge in [-0.15, -0.1) is 0 Å². The van der Waals surface area contributed by atoms with E-state index in [2.05, 4.69) is 33.1 Å². The minimum Gasteiger partial charge on any atom is -0.281 e. The van der Waals surface area contributed by atoms with Crippen LogP contribution in [-0.2, 0) is 6.54 Å². The van der Waals surface area contributed by atoms with E-state index in [0.29, 0.717) is 23.2 Å². The first-order chi connectivity index (χ1) is 14.6. The van der Waals surface area contributed by atoms with Crippen LogP contribution in [0.15, 0.2) is 35.1 Å².